The molecule has 0 saturated carbocycles. The summed E-state index contributed by atoms with van der Waals surface area (Å²) in [5, 5.41) is 3.50. The summed E-state index contributed by atoms with van der Waals surface area (Å²) in [6.45, 7) is 9.16. The van der Waals surface area contributed by atoms with Gasteiger partial charge in [0, 0.05) is 12.1 Å². The van der Waals surface area contributed by atoms with Crippen molar-refractivity contribution in [3.05, 3.63) is 0 Å². The largest absolute Gasteiger partial charge is 0.311 e. The van der Waals surface area contributed by atoms with Crippen LogP contribution in [-0.2, 0) is 0 Å². The Balaban J connectivity index is 2.16. The summed E-state index contributed by atoms with van der Waals surface area (Å²) in [7, 11) is 0. The van der Waals surface area contributed by atoms with Crippen molar-refractivity contribution in [1.82, 2.24) is 5.32 Å². The summed E-state index contributed by atoms with van der Waals surface area (Å²) in [6.07, 6.45) is 2.69. The van der Waals surface area contributed by atoms with Crippen LogP contribution < -0.4 is 5.32 Å². The van der Waals surface area contributed by atoms with E-state index in [9.17, 15) is 0 Å². The highest BCUT2D eigenvalue weighted by atomic mass is 15.0. The highest BCUT2D eigenvalue weighted by Gasteiger charge is 2.27. The Bertz CT molecular complexity index is 106. The normalized spacial score (nSPS) is 33.6. The van der Waals surface area contributed by atoms with Crippen LogP contribution in [0, 0.1) is 5.41 Å². The zero-order chi connectivity index (χ0) is 7.78. The number of hydrogen-bond acceptors (Lipinski definition) is 1. The molecule has 10 heavy (non-hydrogen) atoms. The lowest BCUT2D eigenvalue weighted by Gasteiger charge is -2.38. The second kappa shape index (κ2) is 2.54. The van der Waals surface area contributed by atoms with E-state index in [4.69, 9.17) is 0 Å². The molecular formula is C9H19N. The van der Waals surface area contributed by atoms with Crippen molar-refractivity contribution in [1.29, 1.82) is 0 Å². The third-order valence-corrected chi connectivity index (χ3v) is 2.02. The Morgan fingerprint density at radius 3 is 2.20 bits per heavy atom. The maximum Gasteiger partial charge on any atom is 0.00892 e. The van der Waals surface area contributed by atoms with Crippen molar-refractivity contribution >= 4 is 0 Å². The average molecular weight is 141 g/mol. The number of hydrogen-bond donors (Lipinski definition) is 1. The molecule has 0 bridgehead atoms. The van der Waals surface area contributed by atoms with Crippen molar-refractivity contribution in [2.24, 2.45) is 5.41 Å². The molecule has 0 aromatic rings. The highest BCUT2D eigenvalue weighted by molar-refractivity contribution is 4.87. The SMILES string of the molecule is CC1C[C@@H](CC(C)(C)C)N1. The molecule has 1 unspecified atom stereocenters. The van der Waals surface area contributed by atoms with Gasteiger partial charge in [-0.15, -0.1) is 0 Å². The third-order valence-electron chi connectivity index (χ3n) is 2.02. The zero-order valence-electron chi connectivity index (χ0n) is 7.57. The Morgan fingerprint density at radius 2 is 1.90 bits per heavy atom. The molecule has 0 aliphatic carbocycles. The van der Waals surface area contributed by atoms with E-state index in [0.29, 0.717) is 5.41 Å². The molecule has 1 fully saturated rings. The monoisotopic (exact) mass is 141 g/mol. The molecule has 1 heterocycles. The molecule has 1 nitrogen and oxygen atoms in total. The first-order valence-electron chi connectivity index (χ1n) is 4.23. The fourth-order valence-electron chi connectivity index (χ4n) is 1.69. The van der Waals surface area contributed by atoms with Crippen molar-refractivity contribution < 1.29 is 0 Å². The summed E-state index contributed by atoms with van der Waals surface area (Å²) >= 11 is 0. The fraction of sp³-hybridized carbons (Fsp3) is 1.00. The van der Waals surface area contributed by atoms with Crippen LogP contribution in [0.25, 0.3) is 0 Å². The molecular weight excluding hydrogens is 122 g/mol. The van der Waals surface area contributed by atoms with E-state index in [2.05, 4.69) is 33.0 Å². The van der Waals surface area contributed by atoms with Crippen LogP contribution in [0.2, 0.25) is 0 Å². The first-order valence-corrected chi connectivity index (χ1v) is 4.23. The molecule has 60 valence electrons. The number of rotatable bonds is 1. The van der Waals surface area contributed by atoms with E-state index >= 15 is 0 Å². The molecule has 1 N–H and O–H groups in total. The average Bonchev–Trinajstić information content (AvgIpc) is 1.57. The fourth-order valence-corrected chi connectivity index (χ4v) is 1.69. The van der Waals surface area contributed by atoms with E-state index in [1.165, 1.54) is 12.8 Å². The Morgan fingerprint density at radius 1 is 1.40 bits per heavy atom. The van der Waals surface area contributed by atoms with Gasteiger partial charge in [-0.25, -0.2) is 0 Å². The predicted octanol–water partition coefficient (Wildman–Crippen LogP) is 2.17. The van der Waals surface area contributed by atoms with E-state index < -0.39 is 0 Å². The molecule has 1 heteroatoms. The Kier molecular flexibility index (Phi) is 2.04. The number of nitrogens with one attached hydrogen (secondary N) is 1. The van der Waals surface area contributed by atoms with Gasteiger partial charge in [-0.1, -0.05) is 20.8 Å². The van der Waals surface area contributed by atoms with Gasteiger partial charge in [-0.3, -0.25) is 0 Å². The van der Waals surface area contributed by atoms with Crippen LogP contribution in [0.5, 0.6) is 0 Å². The van der Waals surface area contributed by atoms with Crippen molar-refractivity contribution in [2.45, 2.75) is 52.6 Å². The van der Waals surface area contributed by atoms with Gasteiger partial charge in [0.15, 0.2) is 0 Å². The topological polar surface area (TPSA) is 12.0 Å². The summed E-state index contributed by atoms with van der Waals surface area (Å²) in [5.41, 5.74) is 0.498. The maximum atomic E-state index is 3.50. The van der Waals surface area contributed by atoms with Crippen molar-refractivity contribution in [2.75, 3.05) is 0 Å². The lowest BCUT2D eigenvalue weighted by molar-refractivity contribution is 0.203. The lowest BCUT2D eigenvalue weighted by Crippen LogP contribution is -2.51. The predicted molar refractivity (Wildman–Crippen MR) is 45.1 cm³/mol. The van der Waals surface area contributed by atoms with Crippen LogP contribution in [0.15, 0.2) is 0 Å². The van der Waals surface area contributed by atoms with Gasteiger partial charge >= 0.3 is 0 Å². The summed E-state index contributed by atoms with van der Waals surface area (Å²) in [6, 6.07) is 1.57. The molecule has 2 atom stereocenters. The molecule has 0 aromatic carbocycles. The lowest BCUT2D eigenvalue weighted by atomic mass is 9.82. The first-order chi connectivity index (χ1) is 4.47. The van der Waals surface area contributed by atoms with Crippen LogP contribution >= 0.6 is 0 Å². The van der Waals surface area contributed by atoms with Gasteiger partial charge in [0.05, 0.1) is 0 Å². The second-order valence-corrected chi connectivity index (χ2v) is 4.77. The van der Waals surface area contributed by atoms with Gasteiger partial charge in [0.2, 0.25) is 0 Å². The first kappa shape index (κ1) is 8.06. The molecule has 1 aliphatic rings. The van der Waals surface area contributed by atoms with Gasteiger partial charge in [0.1, 0.15) is 0 Å². The minimum Gasteiger partial charge on any atom is -0.311 e. The molecule has 1 aliphatic heterocycles. The van der Waals surface area contributed by atoms with Gasteiger partial charge < -0.3 is 5.32 Å². The van der Waals surface area contributed by atoms with Crippen LogP contribution in [0.4, 0.5) is 0 Å². The molecule has 0 spiro atoms. The minimum absolute atomic E-state index is 0.498. The molecule has 1 rings (SSSR count). The summed E-state index contributed by atoms with van der Waals surface area (Å²) in [4.78, 5) is 0. The van der Waals surface area contributed by atoms with E-state index in [0.717, 1.165) is 12.1 Å². The standard InChI is InChI=1S/C9H19N/c1-7-5-8(10-7)6-9(2,3)4/h7-8,10H,5-6H2,1-4H3/t7?,8-/m0/s1. The van der Waals surface area contributed by atoms with Crippen LogP contribution in [-0.4, -0.2) is 12.1 Å². The Hall–Kier alpha value is -0.0400. The van der Waals surface area contributed by atoms with E-state index in [1.807, 2.05) is 0 Å². The van der Waals surface area contributed by atoms with Gasteiger partial charge in [0.25, 0.3) is 0 Å². The van der Waals surface area contributed by atoms with E-state index in [1.54, 1.807) is 0 Å². The van der Waals surface area contributed by atoms with Crippen LogP contribution in [0.3, 0.4) is 0 Å². The zero-order valence-corrected chi connectivity index (χ0v) is 7.57. The van der Waals surface area contributed by atoms with E-state index in [-0.39, 0.29) is 0 Å². The van der Waals surface area contributed by atoms with Crippen molar-refractivity contribution in [3.8, 4) is 0 Å². The summed E-state index contributed by atoms with van der Waals surface area (Å²) in [5.74, 6) is 0. The maximum absolute atomic E-state index is 3.50. The molecule has 1 saturated heterocycles. The third kappa shape index (κ3) is 2.30. The van der Waals surface area contributed by atoms with Crippen LogP contribution in [0.1, 0.15) is 40.5 Å². The van der Waals surface area contributed by atoms with Gasteiger partial charge in [-0.2, -0.15) is 0 Å². The minimum atomic E-state index is 0.498. The second-order valence-electron chi connectivity index (χ2n) is 4.77. The summed E-state index contributed by atoms with van der Waals surface area (Å²) < 4.78 is 0. The molecule has 0 radical (unpaired) electrons. The highest BCUT2D eigenvalue weighted by Crippen LogP contribution is 2.26. The molecule has 0 aromatic heterocycles. The molecule has 0 amide bonds. The van der Waals surface area contributed by atoms with Crippen molar-refractivity contribution in [3.63, 3.8) is 0 Å². The smallest absolute Gasteiger partial charge is 0.00892 e. The van der Waals surface area contributed by atoms with Gasteiger partial charge in [-0.05, 0) is 25.2 Å². The quantitative estimate of drug-likeness (QED) is 0.590. The Labute approximate surface area is 64.2 Å².